The molecule has 212 valence electrons. The van der Waals surface area contributed by atoms with Crippen molar-refractivity contribution in [2.45, 2.75) is 36.0 Å². The lowest BCUT2D eigenvalue weighted by molar-refractivity contribution is 0.0693. The maximum atomic E-state index is 10.3. The molecule has 6 nitrogen and oxygen atoms in total. The van der Waals surface area contributed by atoms with Crippen LogP contribution in [0.1, 0.15) is 34.3 Å². The zero-order valence-electron chi connectivity index (χ0n) is 23.3. The average molecular weight is 569 g/mol. The van der Waals surface area contributed by atoms with Crippen molar-refractivity contribution in [2.24, 2.45) is 0 Å². The number of methoxy groups -OCH3 is 1. The van der Waals surface area contributed by atoms with E-state index in [1.54, 1.807) is 19.2 Å². The largest absolute Gasteiger partial charge is 0.507 e. The van der Waals surface area contributed by atoms with Crippen LogP contribution in [0, 0.1) is 0 Å². The van der Waals surface area contributed by atoms with Crippen molar-refractivity contribution in [3.8, 4) is 11.5 Å². The Kier molecular flexibility index (Phi) is 9.49. The molecule has 1 saturated heterocycles. The maximum Gasteiger partial charge on any atom is 0.339 e. The smallest absolute Gasteiger partial charge is 0.339 e. The number of benzene rings is 4. The van der Waals surface area contributed by atoms with Crippen LogP contribution in [0.3, 0.4) is 0 Å². The van der Waals surface area contributed by atoms with E-state index in [1.165, 1.54) is 58.9 Å². The summed E-state index contributed by atoms with van der Waals surface area (Å²) in [6.07, 6.45) is 3.65. The molecule has 0 aromatic heterocycles. The number of phenols is 1. The highest BCUT2D eigenvalue weighted by Gasteiger charge is 2.29. The number of ether oxygens (including phenoxy) is 1. The van der Waals surface area contributed by atoms with Gasteiger partial charge in [-0.1, -0.05) is 54.6 Å². The van der Waals surface area contributed by atoms with E-state index in [0.29, 0.717) is 6.04 Å². The molecule has 0 saturated carbocycles. The average Bonchev–Trinajstić information content (AvgIpc) is 3.39. The number of para-hydroxylation sites is 3. The van der Waals surface area contributed by atoms with Crippen LogP contribution in [0.25, 0.3) is 0 Å². The van der Waals surface area contributed by atoms with Crippen LogP contribution in [-0.2, 0) is 12.2 Å². The Bertz CT molecular complexity index is 1410. The number of thioether (sulfide) groups is 1. The van der Waals surface area contributed by atoms with Gasteiger partial charge in [-0.15, -0.1) is 11.8 Å². The minimum atomic E-state index is -1.11. The van der Waals surface area contributed by atoms with Crippen molar-refractivity contribution in [1.82, 2.24) is 4.90 Å². The van der Waals surface area contributed by atoms with Crippen molar-refractivity contribution in [1.29, 1.82) is 0 Å². The second-order valence-electron chi connectivity index (χ2n) is 10.2. The third-order valence-electron chi connectivity index (χ3n) is 7.70. The van der Waals surface area contributed by atoms with E-state index in [9.17, 15) is 4.79 Å². The number of carboxylic acids is 1. The lowest BCUT2D eigenvalue weighted by Gasteiger charge is -2.33. The number of hydrogen-bond acceptors (Lipinski definition) is 6. The summed E-state index contributed by atoms with van der Waals surface area (Å²) in [4.78, 5) is 16.9. The van der Waals surface area contributed by atoms with E-state index >= 15 is 0 Å². The Morgan fingerprint density at radius 3 is 2.37 bits per heavy atom. The zero-order valence-corrected chi connectivity index (χ0v) is 24.1. The molecule has 6 rings (SSSR count). The molecule has 2 N–H and O–H groups in total. The van der Waals surface area contributed by atoms with E-state index in [4.69, 9.17) is 14.9 Å². The van der Waals surface area contributed by atoms with Gasteiger partial charge in [-0.25, -0.2) is 4.79 Å². The molecule has 0 amide bonds. The highest BCUT2D eigenvalue weighted by molar-refractivity contribution is 7.98. The fourth-order valence-corrected chi connectivity index (χ4v) is 6.56. The normalized spacial score (nSPS) is 16.1. The van der Waals surface area contributed by atoms with E-state index in [1.807, 2.05) is 11.8 Å². The third-order valence-corrected chi connectivity index (χ3v) is 8.81. The lowest BCUT2D eigenvalue weighted by atomic mass is 10.1. The van der Waals surface area contributed by atoms with Crippen molar-refractivity contribution in [2.75, 3.05) is 31.6 Å². The van der Waals surface area contributed by atoms with Gasteiger partial charge >= 0.3 is 5.97 Å². The van der Waals surface area contributed by atoms with Crippen molar-refractivity contribution in [3.05, 3.63) is 114 Å². The molecule has 0 radical (unpaired) electrons. The number of nitrogens with zero attached hydrogens (tertiary/aromatic N) is 2. The van der Waals surface area contributed by atoms with Gasteiger partial charge in [0.25, 0.3) is 0 Å². The van der Waals surface area contributed by atoms with Gasteiger partial charge in [-0.3, -0.25) is 4.90 Å². The molecular formula is C34H36N2O4S. The predicted octanol–water partition coefficient (Wildman–Crippen LogP) is 7.24. The van der Waals surface area contributed by atoms with Crippen molar-refractivity contribution in [3.63, 3.8) is 0 Å². The van der Waals surface area contributed by atoms with Gasteiger partial charge in [0.05, 0.1) is 12.8 Å². The first kappa shape index (κ1) is 28.6. The first-order valence-electron chi connectivity index (χ1n) is 14.0. The van der Waals surface area contributed by atoms with E-state index in [2.05, 4.69) is 82.6 Å². The number of rotatable bonds is 7. The summed E-state index contributed by atoms with van der Waals surface area (Å²) in [5.74, 6) is 0.655. The number of aromatic carboxylic acids is 1. The van der Waals surface area contributed by atoms with Gasteiger partial charge in [0, 0.05) is 35.5 Å². The number of aromatic hydroxyl groups is 1. The molecule has 2 aliphatic rings. The minimum absolute atomic E-state index is 0.0671. The van der Waals surface area contributed by atoms with Gasteiger partial charge in [0.1, 0.15) is 17.1 Å². The number of carbonyl (C=O) groups is 1. The summed E-state index contributed by atoms with van der Waals surface area (Å²) in [5.41, 5.74) is 5.49. The Labute approximate surface area is 246 Å². The quantitative estimate of drug-likeness (QED) is 0.244. The topological polar surface area (TPSA) is 73.2 Å². The summed E-state index contributed by atoms with van der Waals surface area (Å²) < 4.78 is 5.30. The van der Waals surface area contributed by atoms with Gasteiger partial charge in [-0.05, 0) is 79.4 Å². The minimum Gasteiger partial charge on any atom is -0.507 e. The standard InChI is InChI=1S/C27H30N2OS.C7H6O3/c1-30-24-14-12-21(13-15-24)16-18-28-17-6-8-23(28)19-29-25-9-3-2-7-22(25)20-31-27-11-5-4-10-26(27)29;8-6-4-2-1-3-5(6)7(9)10/h2-5,7,9-15,23H,6,8,16-20H2,1H3;1-4,8H,(H,9,10)/t23-;/m0./s1. The van der Waals surface area contributed by atoms with Crippen molar-refractivity contribution >= 4 is 29.1 Å². The van der Waals surface area contributed by atoms with Crippen LogP contribution >= 0.6 is 11.8 Å². The first-order chi connectivity index (χ1) is 20.0. The molecule has 7 heteroatoms. The fraction of sp³-hybridized carbons (Fsp3) is 0.265. The Morgan fingerprint density at radius 2 is 1.63 bits per heavy atom. The van der Waals surface area contributed by atoms with Crippen LogP contribution in [-0.4, -0.2) is 53.9 Å². The van der Waals surface area contributed by atoms with E-state index in [0.717, 1.165) is 31.0 Å². The molecule has 4 aromatic carbocycles. The van der Waals surface area contributed by atoms with Gasteiger partial charge in [0.2, 0.25) is 0 Å². The van der Waals surface area contributed by atoms with Crippen LogP contribution < -0.4 is 9.64 Å². The van der Waals surface area contributed by atoms with Gasteiger partial charge in [-0.2, -0.15) is 0 Å². The highest BCUT2D eigenvalue weighted by atomic mass is 32.2. The number of fused-ring (bicyclic) bond motifs is 2. The maximum absolute atomic E-state index is 10.3. The molecule has 2 heterocycles. The SMILES string of the molecule is COc1ccc(CCN2CCC[C@H]2CN2c3ccccc3CSc3ccccc32)cc1.O=C(O)c1ccccc1O. The Balaban J connectivity index is 0.000000287. The molecule has 2 aliphatic heterocycles. The van der Waals surface area contributed by atoms with E-state index < -0.39 is 5.97 Å². The zero-order chi connectivity index (χ0) is 28.6. The van der Waals surface area contributed by atoms with Crippen LogP contribution in [0.5, 0.6) is 11.5 Å². The van der Waals surface area contributed by atoms with Crippen LogP contribution in [0.2, 0.25) is 0 Å². The number of anilines is 2. The number of carboxylic acid groups (broad SMARTS) is 1. The summed E-state index contributed by atoms with van der Waals surface area (Å²) in [5, 5.41) is 17.3. The highest BCUT2D eigenvalue weighted by Crippen LogP contribution is 2.43. The van der Waals surface area contributed by atoms with Crippen molar-refractivity contribution < 1.29 is 19.7 Å². The number of hydrogen-bond donors (Lipinski definition) is 2. The molecular weight excluding hydrogens is 532 g/mol. The third kappa shape index (κ3) is 7.04. The monoisotopic (exact) mass is 568 g/mol. The summed E-state index contributed by atoms with van der Waals surface area (Å²) >= 11 is 1.96. The van der Waals surface area contributed by atoms with Gasteiger partial charge < -0.3 is 19.8 Å². The molecule has 41 heavy (non-hydrogen) atoms. The van der Waals surface area contributed by atoms with Crippen LogP contribution in [0.4, 0.5) is 11.4 Å². The lowest BCUT2D eigenvalue weighted by Crippen LogP contribution is -2.39. The fourth-order valence-electron chi connectivity index (χ4n) is 5.51. The molecule has 1 atom stereocenters. The molecule has 1 fully saturated rings. The Hall–Kier alpha value is -3.94. The summed E-state index contributed by atoms with van der Waals surface area (Å²) in [6.45, 7) is 3.37. The molecule has 0 spiro atoms. The molecule has 4 aromatic rings. The van der Waals surface area contributed by atoms with Crippen LogP contribution in [0.15, 0.2) is 102 Å². The second kappa shape index (κ2) is 13.6. The number of likely N-dealkylation sites (tertiary alicyclic amines) is 1. The Morgan fingerprint density at radius 1 is 0.927 bits per heavy atom. The molecule has 0 aliphatic carbocycles. The first-order valence-corrected chi connectivity index (χ1v) is 15.0. The molecule has 0 unspecified atom stereocenters. The van der Waals surface area contributed by atoms with Gasteiger partial charge in [0.15, 0.2) is 0 Å². The molecule has 0 bridgehead atoms. The van der Waals surface area contributed by atoms with E-state index in [-0.39, 0.29) is 11.3 Å². The summed E-state index contributed by atoms with van der Waals surface area (Å²) in [7, 11) is 1.72. The second-order valence-corrected chi connectivity index (χ2v) is 11.3. The predicted molar refractivity (Wildman–Crippen MR) is 166 cm³/mol. The summed E-state index contributed by atoms with van der Waals surface area (Å²) in [6, 6.07) is 32.8.